The van der Waals surface area contributed by atoms with Crippen LogP contribution in [-0.2, 0) is 11.2 Å². The van der Waals surface area contributed by atoms with Crippen LogP contribution in [0.1, 0.15) is 49.9 Å². The van der Waals surface area contributed by atoms with Gasteiger partial charge < -0.3 is 10.0 Å². The summed E-state index contributed by atoms with van der Waals surface area (Å²) in [6, 6.07) is 17.9. The van der Waals surface area contributed by atoms with E-state index in [1.54, 1.807) is 0 Å². The van der Waals surface area contributed by atoms with Gasteiger partial charge in [0.25, 0.3) is 0 Å². The first-order chi connectivity index (χ1) is 13.9. The number of anilines is 1. The van der Waals surface area contributed by atoms with Crippen LogP contribution in [0.2, 0.25) is 0 Å². The second kappa shape index (κ2) is 7.83. The molecule has 0 bridgehead atoms. The molecule has 29 heavy (non-hydrogen) atoms. The van der Waals surface area contributed by atoms with Crippen molar-refractivity contribution in [1.82, 2.24) is 4.90 Å². The van der Waals surface area contributed by atoms with Crippen LogP contribution in [0.3, 0.4) is 0 Å². The molecule has 1 unspecified atom stereocenters. The van der Waals surface area contributed by atoms with Gasteiger partial charge in [-0.25, -0.2) is 0 Å². The molecule has 4 heteroatoms. The molecule has 0 aromatic heterocycles. The van der Waals surface area contributed by atoms with Crippen molar-refractivity contribution in [3.8, 4) is 0 Å². The fraction of sp³-hybridized carbons (Fsp3) is 0.480. The Balaban J connectivity index is 1.63. The predicted molar refractivity (Wildman–Crippen MR) is 117 cm³/mol. The SMILES string of the molecule is CC[C@@H](CN1CCN2c3ccccc3Cc3ccccc3C2C1)C(C)(C)C(=O)O. The van der Waals surface area contributed by atoms with Gasteiger partial charge in [0, 0.05) is 31.9 Å². The van der Waals surface area contributed by atoms with Gasteiger partial charge in [0.05, 0.1) is 11.5 Å². The molecule has 2 aliphatic rings. The van der Waals surface area contributed by atoms with Crippen LogP contribution < -0.4 is 4.90 Å². The van der Waals surface area contributed by atoms with E-state index >= 15 is 0 Å². The molecule has 2 aliphatic heterocycles. The molecular weight excluding hydrogens is 360 g/mol. The number of aliphatic carboxylic acids is 1. The first kappa shape index (κ1) is 20.0. The van der Waals surface area contributed by atoms with Gasteiger partial charge in [-0.3, -0.25) is 9.69 Å². The Labute approximate surface area is 174 Å². The molecule has 0 spiro atoms. The molecule has 2 aromatic rings. The molecule has 4 rings (SSSR count). The maximum atomic E-state index is 11.8. The Kier molecular flexibility index (Phi) is 5.39. The Morgan fingerprint density at radius 2 is 1.79 bits per heavy atom. The molecule has 2 heterocycles. The highest BCUT2D eigenvalue weighted by Gasteiger charge is 2.39. The van der Waals surface area contributed by atoms with Crippen molar-refractivity contribution in [3.05, 3.63) is 65.2 Å². The highest BCUT2D eigenvalue weighted by Crippen LogP contribution is 2.40. The van der Waals surface area contributed by atoms with Crippen LogP contribution in [0, 0.1) is 11.3 Å². The van der Waals surface area contributed by atoms with Crippen LogP contribution in [0.25, 0.3) is 0 Å². The fourth-order valence-electron chi connectivity index (χ4n) is 5.08. The predicted octanol–water partition coefficient (Wildman–Crippen LogP) is 4.59. The van der Waals surface area contributed by atoms with E-state index in [1.165, 1.54) is 22.4 Å². The standard InChI is InChI=1S/C25H32N2O2/c1-4-20(25(2,3)24(28)29)16-26-13-14-27-22-12-8-6-10-19(22)15-18-9-5-7-11-21(18)23(27)17-26/h5-12,20,23H,4,13-17H2,1-3H3,(H,28,29)/t20-,23?/m0/s1. The van der Waals surface area contributed by atoms with Crippen molar-refractivity contribution in [2.75, 3.05) is 31.1 Å². The molecule has 0 radical (unpaired) electrons. The fourth-order valence-corrected chi connectivity index (χ4v) is 5.08. The Hall–Kier alpha value is -2.33. The van der Waals surface area contributed by atoms with Crippen LogP contribution >= 0.6 is 0 Å². The highest BCUT2D eigenvalue weighted by molar-refractivity contribution is 5.74. The zero-order valence-electron chi connectivity index (χ0n) is 17.8. The lowest BCUT2D eigenvalue weighted by Gasteiger charge is -2.45. The van der Waals surface area contributed by atoms with Gasteiger partial charge >= 0.3 is 5.97 Å². The van der Waals surface area contributed by atoms with Crippen molar-refractivity contribution in [3.63, 3.8) is 0 Å². The monoisotopic (exact) mass is 392 g/mol. The van der Waals surface area contributed by atoms with Gasteiger partial charge in [-0.15, -0.1) is 0 Å². The topological polar surface area (TPSA) is 43.8 Å². The average molecular weight is 393 g/mol. The number of rotatable bonds is 5. The van der Waals surface area contributed by atoms with Crippen molar-refractivity contribution in [2.24, 2.45) is 11.3 Å². The van der Waals surface area contributed by atoms with Gasteiger partial charge in [-0.05, 0) is 48.9 Å². The van der Waals surface area contributed by atoms with Crippen LogP contribution in [-0.4, -0.2) is 42.2 Å². The molecule has 2 atom stereocenters. The third-order valence-corrected chi connectivity index (χ3v) is 7.10. The molecule has 1 N–H and O–H groups in total. The lowest BCUT2D eigenvalue weighted by Crippen LogP contribution is -2.51. The molecular formula is C25H32N2O2. The van der Waals surface area contributed by atoms with Crippen molar-refractivity contribution < 1.29 is 9.90 Å². The van der Waals surface area contributed by atoms with E-state index < -0.39 is 11.4 Å². The van der Waals surface area contributed by atoms with Crippen molar-refractivity contribution >= 4 is 11.7 Å². The van der Waals surface area contributed by atoms with E-state index in [0.29, 0.717) is 6.04 Å². The Morgan fingerprint density at radius 1 is 1.10 bits per heavy atom. The smallest absolute Gasteiger partial charge is 0.309 e. The van der Waals surface area contributed by atoms with E-state index in [1.807, 2.05) is 13.8 Å². The first-order valence-electron chi connectivity index (χ1n) is 10.8. The second-order valence-electron chi connectivity index (χ2n) is 9.11. The lowest BCUT2D eigenvalue weighted by molar-refractivity contribution is -0.150. The largest absolute Gasteiger partial charge is 0.481 e. The normalized spacial score (nSPS) is 20.2. The highest BCUT2D eigenvalue weighted by atomic mass is 16.4. The Morgan fingerprint density at radius 3 is 2.52 bits per heavy atom. The number of fused-ring (bicyclic) bond motifs is 5. The van der Waals surface area contributed by atoms with E-state index in [4.69, 9.17) is 0 Å². The first-order valence-corrected chi connectivity index (χ1v) is 10.8. The minimum Gasteiger partial charge on any atom is -0.481 e. The van der Waals surface area contributed by atoms with Gasteiger partial charge in [-0.2, -0.15) is 0 Å². The van der Waals surface area contributed by atoms with E-state index in [-0.39, 0.29) is 5.92 Å². The maximum absolute atomic E-state index is 11.8. The number of carboxylic acid groups (broad SMARTS) is 1. The van der Waals surface area contributed by atoms with Crippen molar-refractivity contribution in [1.29, 1.82) is 0 Å². The lowest BCUT2D eigenvalue weighted by atomic mass is 9.77. The molecule has 0 aliphatic carbocycles. The van der Waals surface area contributed by atoms with Crippen molar-refractivity contribution in [2.45, 2.75) is 39.7 Å². The molecule has 2 aromatic carbocycles. The number of hydrogen-bond donors (Lipinski definition) is 1. The zero-order chi connectivity index (χ0) is 20.6. The summed E-state index contributed by atoms with van der Waals surface area (Å²) in [5.74, 6) is -0.559. The van der Waals surface area contributed by atoms with Gasteiger partial charge in [0.15, 0.2) is 0 Å². The second-order valence-corrected chi connectivity index (χ2v) is 9.11. The number of benzene rings is 2. The minimum atomic E-state index is -0.708. The molecule has 1 saturated heterocycles. The number of para-hydroxylation sites is 1. The van der Waals surface area contributed by atoms with Crippen LogP contribution in [0.5, 0.6) is 0 Å². The number of nitrogens with zero attached hydrogens (tertiary/aromatic N) is 2. The molecule has 0 amide bonds. The van der Waals surface area contributed by atoms with E-state index in [0.717, 1.165) is 39.0 Å². The van der Waals surface area contributed by atoms with Gasteiger partial charge in [-0.1, -0.05) is 55.8 Å². The molecule has 4 nitrogen and oxygen atoms in total. The number of piperazine rings is 1. The summed E-state index contributed by atoms with van der Waals surface area (Å²) in [6.07, 6.45) is 1.85. The summed E-state index contributed by atoms with van der Waals surface area (Å²) in [4.78, 5) is 16.9. The number of hydrogen-bond acceptors (Lipinski definition) is 3. The molecule has 154 valence electrons. The summed E-state index contributed by atoms with van der Waals surface area (Å²) in [6.45, 7) is 9.58. The average Bonchev–Trinajstić information content (AvgIpc) is 2.86. The quantitative estimate of drug-likeness (QED) is 0.808. The summed E-state index contributed by atoms with van der Waals surface area (Å²) >= 11 is 0. The number of carboxylic acids is 1. The summed E-state index contributed by atoms with van der Waals surface area (Å²) < 4.78 is 0. The van der Waals surface area contributed by atoms with Crippen LogP contribution in [0.4, 0.5) is 5.69 Å². The third-order valence-electron chi connectivity index (χ3n) is 7.10. The maximum Gasteiger partial charge on any atom is 0.309 e. The minimum absolute atomic E-state index is 0.139. The molecule has 0 saturated carbocycles. The van der Waals surface area contributed by atoms with E-state index in [9.17, 15) is 9.90 Å². The summed E-state index contributed by atoms with van der Waals surface area (Å²) in [5, 5.41) is 9.71. The summed E-state index contributed by atoms with van der Waals surface area (Å²) in [5.41, 5.74) is 4.87. The third kappa shape index (κ3) is 3.66. The number of carbonyl (C=O) groups is 1. The van der Waals surface area contributed by atoms with Crippen LogP contribution in [0.15, 0.2) is 48.5 Å². The summed E-state index contributed by atoms with van der Waals surface area (Å²) in [7, 11) is 0. The van der Waals surface area contributed by atoms with Gasteiger partial charge in [0.1, 0.15) is 0 Å². The molecule has 1 fully saturated rings. The van der Waals surface area contributed by atoms with Gasteiger partial charge in [0.2, 0.25) is 0 Å². The zero-order valence-corrected chi connectivity index (χ0v) is 17.8. The van der Waals surface area contributed by atoms with E-state index in [2.05, 4.69) is 65.3 Å². The Bertz CT molecular complexity index is 892.